The van der Waals surface area contributed by atoms with Crippen molar-refractivity contribution in [3.8, 4) is 0 Å². The lowest BCUT2D eigenvalue weighted by Gasteiger charge is -2.24. The van der Waals surface area contributed by atoms with Gasteiger partial charge in [-0.15, -0.1) is 11.3 Å². The first-order valence-corrected chi connectivity index (χ1v) is 9.79. The minimum atomic E-state index is -4.44. The predicted molar refractivity (Wildman–Crippen MR) is 105 cm³/mol. The minimum Gasteiger partial charge on any atom is -0.384 e. The number of nitrogens with one attached hydrogen (secondary N) is 2. The van der Waals surface area contributed by atoms with E-state index in [1.165, 1.54) is 19.1 Å². The molecule has 1 fully saturated rings. The van der Waals surface area contributed by atoms with E-state index >= 15 is 0 Å². The highest BCUT2D eigenvalue weighted by molar-refractivity contribution is 7.21. The number of carbonyl (C=O) groups is 1. The summed E-state index contributed by atoms with van der Waals surface area (Å²) in [7, 11) is 0. The Labute approximate surface area is 161 Å². The average molecular weight is 398 g/mol. The summed E-state index contributed by atoms with van der Waals surface area (Å²) in [4.78, 5) is 12.8. The third-order valence-electron chi connectivity index (χ3n) is 4.76. The number of fused-ring (bicyclic) bond motifs is 1. The zero-order valence-electron chi connectivity index (χ0n) is 16.0. The zero-order chi connectivity index (χ0) is 20.4. The van der Waals surface area contributed by atoms with Crippen molar-refractivity contribution in [1.82, 2.24) is 10.6 Å². The fraction of sp³-hybridized carbons (Fsp3) is 0.450. The second-order valence-electron chi connectivity index (χ2n) is 6.48. The Morgan fingerprint density at radius 3 is 2.48 bits per heavy atom. The number of carbonyl (C=O) groups excluding carboxylic acids is 1. The van der Waals surface area contributed by atoms with Crippen molar-refractivity contribution in [2.45, 2.75) is 58.3 Å². The number of rotatable bonds is 5. The van der Waals surface area contributed by atoms with Crippen molar-refractivity contribution in [2.24, 2.45) is 0 Å². The van der Waals surface area contributed by atoms with Gasteiger partial charge in [-0.1, -0.05) is 32.6 Å². The van der Waals surface area contributed by atoms with E-state index in [0.29, 0.717) is 5.39 Å². The van der Waals surface area contributed by atoms with E-state index < -0.39 is 11.7 Å². The van der Waals surface area contributed by atoms with Crippen LogP contribution >= 0.6 is 11.3 Å². The Morgan fingerprint density at radius 1 is 1.33 bits per heavy atom. The van der Waals surface area contributed by atoms with Gasteiger partial charge in [0.25, 0.3) is 5.91 Å². The van der Waals surface area contributed by atoms with Gasteiger partial charge in [-0.3, -0.25) is 4.79 Å². The van der Waals surface area contributed by atoms with E-state index in [1.807, 2.05) is 20.8 Å². The van der Waals surface area contributed by atoms with Crippen LogP contribution < -0.4 is 10.6 Å². The minimum absolute atomic E-state index is 0.107. The van der Waals surface area contributed by atoms with E-state index in [-0.39, 0.29) is 32.6 Å². The normalized spacial score (nSPS) is 16.1. The van der Waals surface area contributed by atoms with Crippen LogP contribution in [0.2, 0.25) is 0 Å². The molecule has 1 saturated carbocycles. The molecular formula is C20H25F3N2OS. The number of halogens is 3. The van der Waals surface area contributed by atoms with E-state index in [2.05, 4.69) is 17.2 Å². The topological polar surface area (TPSA) is 41.1 Å². The van der Waals surface area contributed by atoms with Gasteiger partial charge in [0.2, 0.25) is 0 Å². The first kappa shape index (κ1) is 21.3. The largest absolute Gasteiger partial charge is 0.418 e. The van der Waals surface area contributed by atoms with Gasteiger partial charge in [-0.05, 0) is 49.9 Å². The fourth-order valence-electron chi connectivity index (χ4n) is 3.11. The molecule has 0 spiro atoms. The van der Waals surface area contributed by atoms with Gasteiger partial charge in [-0.25, -0.2) is 0 Å². The number of alkyl halides is 3. The number of benzene rings is 1. The number of hydrogen-bond donors (Lipinski definition) is 2. The van der Waals surface area contributed by atoms with Crippen LogP contribution in [0.15, 0.2) is 31.0 Å². The van der Waals surface area contributed by atoms with Crippen LogP contribution in [-0.2, 0) is 6.18 Å². The Morgan fingerprint density at radius 2 is 1.96 bits per heavy atom. The van der Waals surface area contributed by atoms with Crippen LogP contribution in [0, 0.1) is 6.92 Å². The van der Waals surface area contributed by atoms with Gasteiger partial charge in [0.1, 0.15) is 0 Å². The molecule has 1 aliphatic carbocycles. The molecule has 2 N–H and O–H groups in total. The second-order valence-corrected chi connectivity index (χ2v) is 7.54. The maximum absolute atomic E-state index is 13.3. The molecule has 148 valence electrons. The van der Waals surface area contributed by atoms with Gasteiger partial charge >= 0.3 is 6.18 Å². The molecule has 2 aromatic rings. The SMILES string of the molecule is C=CNC1(C(C)NC(=O)c2cc3ccc(C)c(C(F)(F)F)c3s2)CC1.CC. The lowest BCUT2D eigenvalue weighted by Crippen LogP contribution is -2.48. The Bertz CT molecular complexity index is 838. The van der Waals surface area contributed by atoms with Crippen LogP contribution in [-0.4, -0.2) is 17.5 Å². The molecule has 0 radical (unpaired) electrons. The van der Waals surface area contributed by atoms with Crippen molar-refractivity contribution in [3.63, 3.8) is 0 Å². The van der Waals surface area contributed by atoms with Crippen LogP contribution in [0.3, 0.4) is 0 Å². The highest BCUT2D eigenvalue weighted by Crippen LogP contribution is 2.41. The maximum atomic E-state index is 13.3. The lowest BCUT2D eigenvalue weighted by molar-refractivity contribution is -0.136. The molecule has 27 heavy (non-hydrogen) atoms. The highest BCUT2D eigenvalue weighted by Gasteiger charge is 2.47. The molecule has 1 heterocycles. The monoisotopic (exact) mass is 398 g/mol. The fourth-order valence-corrected chi connectivity index (χ4v) is 4.29. The summed E-state index contributed by atoms with van der Waals surface area (Å²) in [6.07, 6.45) is -0.997. The molecule has 7 heteroatoms. The number of amides is 1. The first-order chi connectivity index (χ1) is 12.7. The highest BCUT2D eigenvalue weighted by atomic mass is 32.1. The quantitative estimate of drug-likeness (QED) is 0.684. The van der Waals surface area contributed by atoms with Gasteiger partial charge in [0, 0.05) is 10.7 Å². The van der Waals surface area contributed by atoms with E-state index in [9.17, 15) is 18.0 Å². The molecule has 1 amide bonds. The van der Waals surface area contributed by atoms with E-state index in [0.717, 1.165) is 24.2 Å². The molecule has 1 aliphatic rings. The predicted octanol–water partition coefficient (Wildman–Crippen LogP) is 5.64. The maximum Gasteiger partial charge on any atom is 0.418 e. The molecule has 0 bridgehead atoms. The van der Waals surface area contributed by atoms with Crippen molar-refractivity contribution >= 4 is 27.3 Å². The van der Waals surface area contributed by atoms with Crippen molar-refractivity contribution in [1.29, 1.82) is 0 Å². The smallest absolute Gasteiger partial charge is 0.384 e. The third kappa shape index (κ3) is 4.29. The molecule has 1 atom stereocenters. The second kappa shape index (κ2) is 7.92. The first-order valence-electron chi connectivity index (χ1n) is 8.98. The Hall–Kier alpha value is -2.02. The van der Waals surface area contributed by atoms with Crippen LogP contribution in [0.5, 0.6) is 0 Å². The molecule has 3 nitrogen and oxygen atoms in total. The summed E-state index contributed by atoms with van der Waals surface area (Å²) in [6, 6.07) is 4.44. The van der Waals surface area contributed by atoms with Crippen LogP contribution in [0.4, 0.5) is 13.2 Å². The molecule has 0 saturated heterocycles. The molecule has 1 unspecified atom stereocenters. The zero-order valence-corrected chi connectivity index (χ0v) is 16.8. The van der Waals surface area contributed by atoms with Gasteiger partial charge in [-0.2, -0.15) is 13.2 Å². The molecule has 3 rings (SSSR count). The Balaban J connectivity index is 0.00000126. The van der Waals surface area contributed by atoms with Gasteiger partial charge < -0.3 is 10.6 Å². The van der Waals surface area contributed by atoms with Crippen LogP contribution in [0.25, 0.3) is 10.1 Å². The summed E-state index contributed by atoms with van der Waals surface area (Å²) in [5.41, 5.74) is -0.690. The van der Waals surface area contributed by atoms with Gasteiger partial charge in [0.05, 0.1) is 16.0 Å². The summed E-state index contributed by atoms with van der Waals surface area (Å²) in [5, 5.41) is 6.49. The Kier molecular flexibility index (Phi) is 6.24. The van der Waals surface area contributed by atoms with Gasteiger partial charge in [0.15, 0.2) is 0 Å². The lowest BCUT2D eigenvalue weighted by atomic mass is 10.1. The summed E-state index contributed by atoms with van der Waals surface area (Å²) < 4.78 is 40.1. The van der Waals surface area contributed by atoms with E-state index in [4.69, 9.17) is 0 Å². The summed E-state index contributed by atoms with van der Waals surface area (Å²) in [6.45, 7) is 11.0. The summed E-state index contributed by atoms with van der Waals surface area (Å²) >= 11 is 0.887. The average Bonchev–Trinajstić information content (AvgIpc) is 3.26. The molecule has 0 aliphatic heterocycles. The molecule has 1 aromatic heterocycles. The third-order valence-corrected chi connectivity index (χ3v) is 5.92. The number of hydrogen-bond acceptors (Lipinski definition) is 3. The molecular weight excluding hydrogens is 373 g/mol. The van der Waals surface area contributed by atoms with E-state index in [1.54, 1.807) is 12.3 Å². The number of thiophene rings is 1. The standard InChI is InChI=1S/C18H19F3N2OS.C2H6/c1-4-22-17(7-8-17)11(3)23-16(24)13-9-12-6-5-10(2)14(15(12)25-13)18(19,20)21;1-2/h4-6,9,11,22H,1,7-8H2,2-3H3,(H,23,24);1-2H3. The van der Waals surface area contributed by atoms with Crippen LogP contribution in [0.1, 0.15) is 54.4 Å². The van der Waals surface area contributed by atoms with Crippen molar-refractivity contribution in [3.05, 3.63) is 47.0 Å². The summed E-state index contributed by atoms with van der Waals surface area (Å²) in [5.74, 6) is -0.350. The number of aryl methyl sites for hydroxylation is 1. The van der Waals surface area contributed by atoms with Crippen molar-refractivity contribution in [2.75, 3.05) is 0 Å². The molecule has 1 aromatic carbocycles. The van der Waals surface area contributed by atoms with Crippen molar-refractivity contribution < 1.29 is 18.0 Å².